The van der Waals surface area contributed by atoms with Gasteiger partial charge in [0.1, 0.15) is 0 Å². The van der Waals surface area contributed by atoms with Gasteiger partial charge in [0, 0.05) is 0 Å². The Balaban J connectivity index is 3.79. The van der Waals surface area contributed by atoms with E-state index in [0.29, 0.717) is 0 Å². The molecule has 0 aliphatic heterocycles. The fourth-order valence-electron chi connectivity index (χ4n) is 0.124. The average Bonchev–Trinajstić information content (AvgIpc) is 1.67. The summed E-state index contributed by atoms with van der Waals surface area (Å²) in [6, 6.07) is 0. The summed E-state index contributed by atoms with van der Waals surface area (Å²) in [5, 5.41) is 1.67. The molecule has 1 radical (unpaired) electrons. The predicted octanol–water partition coefficient (Wildman–Crippen LogP) is 0.771. The second-order valence-electron chi connectivity index (χ2n) is 1.11. The molecule has 0 saturated carbocycles. The molecule has 0 unspecified atom stereocenters. The van der Waals surface area contributed by atoms with Crippen LogP contribution in [0, 0.1) is 0 Å². The van der Waals surface area contributed by atoms with Crippen molar-refractivity contribution in [2.75, 3.05) is 0 Å². The van der Waals surface area contributed by atoms with E-state index in [4.69, 9.17) is 0 Å². The quantitative estimate of drug-likeness (QED) is 0.536. The van der Waals surface area contributed by atoms with Crippen molar-refractivity contribution in [1.29, 1.82) is 0 Å². The summed E-state index contributed by atoms with van der Waals surface area (Å²) < 4.78 is 22.5. The fourth-order valence-corrected chi connectivity index (χ4v) is 0.124. The van der Waals surface area contributed by atoms with Gasteiger partial charge in [0.25, 0.3) is 6.08 Å². The van der Waals surface area contributed by atoms with Crippen molar-refractivity contribution in [2.24, 2.45) is 0 Å². The molecule has 2 nitrogen and oxygen atoms in total. The molecule has 0 aliphatic rings. The minimum absolute atomic E-state index is 0.458. The van der Waals surface area contributed by atoms with E-state index in [1.165, 1.54) is 0 Å². The first-order chi connectivity index (χ1) is 3.68. The molecule has 0 atom stereocenters. The van der Waals surface area contributed by atoms with Gasteiger partial charge in [-0.25, -0.2) is 0 Å². The van der Waals surface area contributed by atoms with Crippen LogP contribution in [0.1, 0.15) is 6.92 Å². The molecule has 4 heteroatoms. The number of rotatable bonds is 2. The van der Waals surface area contributed by atoms with Gasteiger partial charge in [-0.15, -0.1) is 0 Å². The maximum absolute atomic E-state index is 11.3. The van der Waals surface area contributed by atoms with E-state index in [2.05, 4.69) is 0 Å². The van der Waals surface area contributed by atoms with E-state index in [1.807, 2.05) is 0 Å². The highest BCUT2D eigenvalue weighted by Gasteiger charge is 1.95. The van der Waals surface area contributed by atoms with Gasteiger partial charge < -0.3 is 5.32 Å². The van der Waals surface area contributed by atoms with E-state index >= 15 is 0 Å². The standard InChI is InChI=1S/C4H4F2NO/c1-3(4(5)6)7-2-8/h1H3,(H,7,8). The Morgan fingerprint density at radius 2 is 2.12 bits per heavy atom. The van der Waals surface area contributed by atoms with Gasteiger partial charge in [0.15, 0.2) is 0 Å². The highest BCUT2D eigenvalue weighted by Crippen LogP contribution is 2.00. The van der Waals surface area contributed by atoms with E-state index in [1.54, 1.807) is 5.32 Å². The van der Waals surface area contributed by atoms with E-state index in [9.17, 15) is 13.6 Å². The van der Waals surface area contributed by atoms with Crippen LogP contribution >= 0.6 is 0 Å². The summed E-state index contributed by atoms with van der Waals surface area (Å²) in [4.78, 5) is 9.32. The van der Waals surface area contributed by atoms with Crippen LogP contribution in [0.4, 0.5) is 8.78 Å². The number of hydrogen-bond acceptors (Lipinski definition) is 1. The molecule has 0 saturated heterocycles. The second kappa shape index (κ2) is 3.12. The monoisotopic (exact) mass is 120 g/mol. The van der Waals surface area contributed by atoms with E-state index in [-0.39, 0.29) is 0 Å². The van der Waals surface area contributed by atoms with E-state index < -0.39 is 11.8 Å². The van der Waals surface area contributed by atoms with Gasteiger partial charge in [0.05, 0.1) is 5.70 Å². The summed E-state index contributed by atoms with van der Waals surface area (Å²) in [7, 11) is 0. The van der Waals surface area contributed by atoms with Gasteiger partial charge in [-0.3, -0.25) is 4.79 Å². The summed E-state index contributed by atoms with van der Waals surface area (Å²) >= 11 is 0. The lowest BCUT2D eigenvalue weighted by Crippen LogP contribution is -2.07. The Hall–Kier alpha value is -0.930. The van der Waals surface area contributed by atoms with Gasteiger partial charge >= 0.3 is 6.41 Å². The van der Waals surface area contributed by atoms with Crippen molar-refractivity contribution in [3.8, 4) is 0 Å². The molecule has 0 aromatic rings. The third kappa shape index (κ3) is 2.28. The highest BCUT2D eigenvalue weighted by molar-refractivity contribution is 5.50. The lowest BCUT2D eigenvalue weighted by Gasteiger charge is -1.89. The fraction of sp³-hybridized carbons (Fsp3) is 0.250. The Kier molecular flexibility index (Phi) is 2.76. The summed E-state index contributed by atoms with van der Waals surface area (Å²) in [5.41, 5.74) is -0.458. The molecule has 0 spiro atoms. The lowest BCUT2D eigenvalue weighted by atomic mass is 10.6. The smallest absolute Gasteiger partial charge is 0.313 e. The maximum atomic E-state index is 11.3. The van der Waals surface area contributed by atoms with Crippen molar-refractivity contribution in [3.05, 3.63) is 11.8 Å². The molecule has 0 aromatic heterocycles. The van der Waals surface area contributed by atoms with Crippen LogP contribution in [-0.4, -0.2) is 6.41 Å². The van der Waals surface area contributed by atoms with Crippen molar-refractivity contribution in [1.82, 2.24) is 5.32 Å². The minimum Gasteiger partial charge on any atom is -0.317 e. The van der Waals surface area contributed by atoms with Crippen molar-refractivity contribution in [2.45, 2.75) is 6.92 Å². The van der Waals surface area contributed by atoms with E-state index in [0.717, 1.165) is 13.3 Å². The Labute approximate surface area is 45.2 Å². The van der Waals surface area contributed by atoms with Crippen LogP contribution in [0.5, 0.6) is 0 Å². The number of allylic oxidation sites excluding steroid dienone is 1. The molecular formula is C4H4F2NO. The van der Waals surface area contributed by atoms with Crippen LogP contribution in [0.25, 0.3) is 0 Å². The third-order valence-corrected chi connectivity index (χ3v) is 0.522. The molecule has 0 aromatic carbocycles. The number of halogens is 2. The zero-order valence-corrected chi connectivity index (χ0v) is 4.16. The first-order valence-corrected chi connectivity index (χ1v) is 1.83. The average molecular weight is 120 g/mol. The van der Waals surface area contributed by atoms with Crippen LogP contribution in [0.2, 0.25) is 0 Å². The van der Waals surface area contributed by atoms with Crippen LogP contribution < -0.4 is 5.32 Å². The van der Waals surface area contributed by atoms with Gasteiger partial charge in [-0.1, -0.05) is 0 Å². The van der Waals surface area contributed by atoms with Crippen LogP contribution in [0.15, 0.2) is 11.8 Å². The summed E-state index contributed by atoms with van der Waals surface area (Å²) in [6.45, 7) is 1.08. The normalized spacial score (nSPS) is 7.88. The predicted molar refractivity (Wildman–Crippen MR) is 23.7 cm³/mol. The Bertz CT molecular complexity index is 117. The number of carbonyl (C=O) groups excluding carboxylic acids is 1. The topological polar surface area (TPSA) is 29.1 Å². The molecule has 0 fully saturated rings. The number of hydrogen-bond donors (Lipinski definition) is 1. The zero-order valence-electron chi connectivity index (χ0n) is 4.16. The molecule has 1 amide bonds. The Morgan fingerprint density at radius 1 is 1.62 bits per heavy atom. The van der Waals surface area contributed by atoms with Gasteiger partial charge in [0.2, 0.25) is 0 Å². The molecule has 0 bridgehead atoms. The molecule has 0 rings (SSSR count). The zero-order chi connectivity index (χ0) is 6.57. The first kappa shape index (κ1) is 7.07. The molecule has 45 valence electrons. The summed E-state index contributed by atoms with van der Waals surface area (Å²) in [6.07, 6.45) is -0.784. The van der Waals surface area contributed by atoms with Crippen LogP contribution in [-0.2, 0) is 4.79 Å². The maximum Gasteiger partial charge on any atom is 0.313 e. The minimum atomic E-state index is -1.90. The first-order valence-electron chi connectivity index (χ1n) is 1.83. The highest BCUT2D eigenvalue weighted by atomic mass is 19.3. The third-order valence-electron chi connectivity index (χ3n) is 0.522. The molecule has 1 N–H and O–H groups in total. The second-order valence-corrected chi connectivity index (χ2v) is 1.11. The largest absolute Gasteiger partial charge is 0.317 e. The Morgan fingerprint density at radius 3 is 2.25 bits per heavy atom. The molecular weight excluding hydrogens is 116 g/mol. The summed E-state index contributed by atoms with van der Waals surface area (Å²) in [5.74, 6) is 0. The van der Waals surface area contributed by atoms with Crippen LogP contribution in [0.3, 0.4) is 0 Å². The van der Waals surface area contributed by atoms with Crippen molar-refractivity contribution >= 4 is 6.41 Å². The number of amides is 1. The van der Waals surface area contributed by atoms with Gasteiger partial charge in [-0.05, 0) is 6.92 Å². The molecule has 0 aliphatic carbocycles. The number of nitrogens with one attached hydrogen (secondary N) is 1. The molecule has 8 heavy (non-hydrogen) atoms. The molecule has 0 heterocycles. The SMILES string of the molecule is CC(N[C]=O)=C(F)F. The van der Waals surface area contributed by atoms with Crippen molar-refractivity contribution in [3.63, 3.8) is 0 Å². The lowest BCUT2D eigenvalue weighted by molar-refractivity contribution is 0.406. The van der Waals surface area contributed by atoms with Crippen molar-refractivity contribution < 1.29 is 13.6 Å². The van der Waals surface area contributed by atoms with Gasteiger partial charge in [-0.2, -0.15) is 8.78 Å².